The van der Waals surface area contributed by atoms with Gasteiger partial charge in [-0.3, -0.25) is 4.79 Å². The van der Waals surface area contributed by atoms with Gasteiger partial charge in [0.25, 0.3) is 0 Å². The van der Waals surface area contributed by atoms with Crippen molar-refractivity contribution >= 4 is 34.2 Å². The maximum atomic E-state index is 12.4. The van der Waals surface area contributed by atoms with Crippen LogP contribution in [0, 0.1) is 5.92 Å². The molecule has 124 valence electrons. The minimum Gasteiger partial charge on any atom is -0.497 e. The molecule has 0 spiro atoms. The van der Waals surface area contributed by atoms with Crippen LogP contribution in [0.4, 0.5) is 0 Å². The molecule has 1 amide bonds. The summed E-state index contributed by atoms with van der Waals surface area (Å²) < 4.78 is 6.17. The molecular formula is C16H24BrClN2O2. The van der Waals surface area contributed by atoms with Crippen LogP contribution in [-0.2, 0) is 11.3 Å². The van der Waals surface area contributed by atoms with Crippen LogP contribution in [0.25, 0.3) is 0 Å². The monoisotopic (exact) mass is 390 g/mol. The number of nitrogens with one attached hydrogen (secondary N) is 1. The molecule has 1 saturated carbocycles. The van der Waals surface area contributed by atoms with Crippen molar-refractivity contribution in [2.45, 2.75) is 44.7 Å². The topological polar surface area (TPSA) is 64.3 Å². The summed E-state index contributed by atoms with van der Waals surface area (Å²) in [5, 5.41) is 3.01. The molecule has 1 aromatic rings. The van der Waals surface area contributed by atoms with Crippen LogP contribution in [0.1, 0.15) is 38.2 Å². The number of hydrogen-bond donors (Lipinski definition) is 2. The largest absolute Gasteiger partial charge is 0.497 e. The Bertz CT molecular complexity index is 523. The molecule has 1 aliphatic carbocycles. The molecule has 2 unspecified atom stereocenters. The molecule has 4 nitrogen and oxygen atoms in total. The zero-order valence-electron chi connectivity index (χ0n) is 13.0. The Balaban J connectivity index is 0.00000242. The fraction of sp³-hybridized carbons (Fsp3) is 0.562. The Kier molecular flexibility index (Phi) is 7.16. The maximum Gasteiger partial charge on any atom is 0.225 e. The van der Waals surface area contributed by atoms with Crippen molar-refractivity contribution in [1.82, 2.24) is 5.32 Å². The van der Waals surface area contributed by atoms with Crippen LogP contribution in [0.5, 0.6) is 5.75 Å². The predicted molar refractivity (Wildman–Crippen MR) is 94.3 cm³/mol. The van der Waals surface area contributed by atoms with E-state index < -0.39 is 5.54 Å². The number of rotatable bonds is 4. The van der Waals surface area contributed by atoms with Crippen molar-refractivity contribution in [1.29, 1.82) is 0 Å². The number of ether oxygens (including phenoxy) is 1. The van der Waals surface area contributed by atoms with Gasteiger partial charge in [0.15, 0.2) is 0 Å². The van der Waals surface area contributed by atoms with Crippen molar-refractivity contribution in [2.75, 3.05) is 7.11 Å². The number of carbonyl (C=O) groups excluding carboxylic acids is 1. The van der Waals surface area contributed by atoms with E-state index in [4.69, 9.17) is 10.5 Å². The average molecular weight is 392 g/mol. The first-order valence-electron chi connectivity index (χ1n) is 7.33. The third-order valence-corrected chi connectivity index (χ3v) is 5.05. The van der Waals surface area contributed by atoms with E-state index in [-0.39, 0.29) is 24.2 Å². The summed E-state index contributed by atoms with van der Waals surface area (Å²) >= 11 is 3.50. The maximum absolute atomic E-state index is 12.4. The Labute approximate surface area is 146 Å². The predicted octanol–water partition coefficient (Wildman–Crippen LogP) is 3.40. The highest BCUT2D eigenvalue weighted by Gasteiger charge is 2.37. The number of amides is 1. The summed E-state index contributed by atoms with van der Waals surface area (Å²) in [5.74, 6) is 0.730. The molecule has 0 aromatic heterocycles. The Hall–Kier alpha value is -0.780. The van der Waals surface area contributed by atoms with E-state index in [1.165, 1.54) is 0 Å². The first kappa shape index (κ1) is 19.3. The highest BCUT2D eigenvalue weighted by atomic mass is 79.9. The van der Waals surface area contributed by atoms with Crippen LogP contribution in [0.15, 0.2) is 22.7 Å². The average Bonchev–Trinajstić information content (AvgIpc) is 2.45. The van der Waals surface area contributed by atoms with E-state index in [1.807, 2.05) is 25.1 Å². The SMILES string of the molecule is COc1ccc(Br)c(CNC(=O)C2CCCCC2(C)N)c1.Cl. The van der Waals surface area contributed by atoms with Crippen LogP contribution < -0.4 is 15.8 Å². The summed E-state index contributed by atoms with van der Waals surface area (Å²) in [6.45, 7) is 2.46. The number of halogens is 2. The second-order valence-electron chi connectivity index (χ2n) is 5.98. The van der Waals surface area contributed by atoms with Gasteiger partial charge in [0, 0.05) is 16.6 Å². The number of carbonyl (C=O) groups is 1. The second-order valence-corrected chi connectivity index (χ2v) is 6.83. The van der Waals surface area contributed by atoms with Crippen LogP contribution in [0.2, 0.25) is 0 Å². The minimum absolute atomic E-state index is 0. The fourth-order valence-electron chi connectivity index (χ4n) is 2.91. The molecule has 2 atom stereocenters. The fourth-order valence-corrected chi connectivity index (χ4v) is 3.29. The van der Waals surface area contributed by atoms with Crippen molar-refractivity contribution in [2.24, 2.45) is 11.7 Å². The zero-order valence-corrected chi connectivity index (χ0v) is 15.4. The molecule has 22 heavy (non-hydrogen) atoms. The number of nitrogens with two attached hydrogens (primary N) is 1. The first-order chi connectivity index (χ1) is 9.94. The summed E-state index contributed by atoms with van der Waals surface area (Å²) in [6, 6.07) is 5.73. The molecule has 0 radical (unpaired) electrons. The van der Waals surface area contributed by atoms with E-state index in [1.54, 1.807) is 7.11 Å². The van der Waals surface area contributed by atoms with Crippen molar-refractivity contribution in [3.63, 3.8) is 0 Å². The molecule has 0 bridgehead atoms. The van der Waals surface area contributed by atoms with E-state index in [2.05, 4.69) is 21.2 Å². The van der Waals surface area contributed by atoms with Crippen LogP contribution >= 0.6 is 28.3 Å². The molecule has 6 heteroatoms. The third kappa shape index (κ3) is 4.61. The lowest BCUT2D eigenvalue weighted by Gasteiger charge is -2.37. The second kappa shape index (κ2) is 8.18. The standard InChI is InChI=1S/C16H23BrN2O2.ClH/c1-16(18)8-4-3-5-13(16)15(20)19-10-11-9-12(21-2)6-7-14(11)17;/h6-7,9,13H,3-5,8,10,18H2,1-2H3,(H,19,20);1H. The van der Waals surface area contributed by atoms with E-state index in [0.29, 0.717) is 6.54 Å². The third-order valence-electron chi connectivity index (χ3n) is 4.28. The van der Waals surface area contributed by atoms with E-state index in [0.717, 1.165) is 41.5 Å². The van der Waals surface area contributed by atoms with E-state index in [9.17, 15) is 4.79 Å². The molecule has 0 aliphatic heterocycles. The summed E-state index contributed by atoms with van der Waals surface area (Å²) in [5.41, 5.74) is 6.88. The highest BCUT2D eigenvalue weighted by molar-refractivity contribution is 9.10. The molecule has 1 aliphatic rings. The lowest BCUT2D eigenvalue weighted by atomic mass is 9.74. The Morgan fingerprint density at radius 1 is 1.50 bits per heavy atom. The Morgan fingerprint density at radius 3 is 2.86 bits per heavy atom. The minimum atomic E-state index is -0.395. The van der Waals surface area contributed by atoms with Gasteiger partial charge in [-0.25, -0.2) is 0 Å². The first-order valence-corrected chi connectivity index (χ1v) is 8.12. The highest BCUT2D eigenvalue weighted by Crippen LogP contribution is 2.32. The molecular weight excluding hydrogens is 368 g/mol. The normalized spacial score (nSPS) is 24.3. The summed E-state index contributed by atoms with van der Waals surface area (Å²) in [6.07, 6.45) is 3.97. The van der Waals surface area contributed by atoms with Gasteiger partial charge in [0.05, 0.1) is 13.0 Å². The van der Waals surface area contributed by atoms with Gasteiger partial charge >= 0.3 is 0 Å². The van der Waals surface area contributed by atoms with Gasteiger partial charge in [-0.05, 0) is 43.5 Å². The number of hydrogen-bond acceptors (Lipinski definition) is 3. The zero-order chi connectivity index (χ0) is 15.5. The van der Waals surface area contributed by atoms with Crippen molar-refractivity contribution in [3.8, 4) is 5.75 Å². The lowest BCUT2D eigenvalue weighted by molar-refractivity contribution is -0.128. The molecule has 1 fully saturated rings. The molecule has 2 rings (SSSR count). The van der Waals surface area contributed by atoms with Gasteiger partial charge in [-0.1, -0.05) is 28.8 Å². The van der Waals surface area contributed by atoms with Crippen molar-refractivity contribution in [3.05, 3.63) is 28.2 Å². The van der Waals surface area contributed by atoms with Gasteiger partial charge in [-0.15, -0.1) is 12.4 Å². The van der Waals surface area contributed by atoms with Crippen LogP contribution in [0.3, 0.4) is 0 Å². The smallest absolute Gasteiger partial charge is 0.225 e. The van der Waals surface area contributed by atoms with Crippen molar-refractivity contribution < 1.29 is 9.53 Å². The Morgan fingerprint density at radius 2 is 2.23 bits per heavy atom. The van der Waals surface area contributed by atoms with Crippen LogP contribution in [-0.4, -0.2) is 18.6 Å². The van der Waals surface area contributed by atoms with Gasteiger partial charge in [0.2, 0.25) is 5.91 Å². The lowest BCUT2D eigenvalue weighted by Crippen LogP contribution is -2.52. The number of methoxy groups -OCH3 is 1. The van der Waals surface area contributed by atoms with Gasteiger partial charge in [0.1, 0.15) is 5.75 Å². The summed E-state index contributed by atoms with van der Waals surface area (Å²) in [4.78, 5) is 12.4. The van der Waals surface area contributed by atoms with Gasteiger partial charge in [-0.2, -0.15) is 0 Å². The quantitative estimate of drug-likeness (QED) is 0.826. The molecule has 0 saturated heterocycles. The molecule has 0 heterocycles. The van der Waals surface area contributed by atoms with Gasteiger partial charge < -0.3 is 15.8 Å². The van der Waals surface area contributed by atoms with E-state index >= 15 is 0 Å². The summed E-state index contributed by atoms with van der Waals surface area (Å²) in [7, 11) is 1.63. The molecule has 1 aromatic carbocycles. The molecule has 3 N–H and O–H groups in total. The number of benzene rings is 1.